The average molecular weight is 419 g/mol. The number of quaternary nitrogens is 1. The zero-order valence-corrected chi connectivity index (χ0v) is 18.0. The summed E-state index contributed by atoms with van der Waals surface area (Å²) in [7, 11) is 5.83. The van der Waals surface area contributed by atoms with Gasteiger partial charge in [-0.15, -0.1) is 0 Å². The normalized spacial score (nSPS) is 16.0. The van der Waals surface area contributed by atoms with Crippen LogP contribution in [0, 0.1) is 6.92 Å². The van der Waals surface area contributed by atoms with Crippen LogP contribution in [0.4, 0.5) is 5.82 Å². The van der Waals surface area contributed by atoms with E-state index in [1.54, 1.807) is 19.3 Å². The molecule has 0 bridgehead atoms. The Hall–Kier alpha value is -2.23. The molecule has 3 heterocycles. The van der Waals surface area contributed by atoms with Crippen molar-refractivity contribution in [2.45, 2.75) is 13.3 Å². The fourth-order valence-electron chi connectivity index (χ4n) is 2.85. The van der Waals surface area contributed by atoms with Crippen LogP contribution in [0.5, 0.6) is 0 Å². The van der Waals surface area contributed by atoms with Crippen LogP contribution in [-0.4, -0.2) is 58.7 Å². The predicted octanol–water partition coefficient (Wildman–Crippen LogP) is 0.780. The molecule has 1 saturated heterocycles. The molecule has 2 aromatic rings. The lowest BCUT2D eigenvalue weighted by Crippen LogP contribution is -3.05. The van der Waals surface area contributed by atoms with E-state index in [0.29, 0.717) is 32.8 Å². The Morgan fingerprint density at radius 2 is 2.07 bits per heavy atom. The average Bonchev–Trinajstić information content (AvgIpc) is 2.89. The summed E-state index contributed by atoms with van der Waals surface area (Å²) < 4.78 is 1.99. The highest BCUT2D eigenvalue weighted by Crippen LogP contribution is 2.31. The van der Waals surface area contributed by atoms with Gasteiger partial charge in [0, 0.05) is 26.2 Å². The molecule has 0 radical (unpaired) electrons. The zero-order valence-electron chi connectivity index (χ0n) is 16.4. The first-order valence-corrected chi connectivity index (χ1v) is 10.3. The Morgan fingerprint density at radius 1 is 1.32 bits per heavy atom. The van der Waals surface area contributed by atoms with Crippen molar-refractivity contribution in [1.82, 2.24) is 14.3 Å². The molecule has 1 aliphatic rings. The van der Waals surface area contributed by atoms with E-state index in [0.717, 1.165) is 18.5 Å². The largest absolute Gasteiger partial charge is 0.369 e. The molecule has 2 N–H and O–H groups in total. The summed E-state index contributed by atoms with van der Waals surface area (Å²) in [6.45, 7) is 3.61. The number of carbonyl (C=O) groups is 1. The summed E-state index contributed by atoms with van der Waals surface area (Å²) in [5.74, 6) is 0.287. The highest BCUT2D eigenvalue weighted by molar-refractivity contribution is 8.26. The first-order valence-electron chi connectivity index (χ1n) is 9.05. The van der Waals surface area contributed by atoms with E-state index in [4.69, 9.17) is 12.2 Å². The van der Waals surface area contributed by atoms with Crippen molar-refractivity contribution in [1.29, 1.82) is 0 Å². The number of carbonyl (C=O) groups excluding carboxylic acids is 1. The van der Waals surface area contributed by atoms with Gasteiger partial charge in [-0.2, -0.15) is 0 Å². The van der Waals surface area contributed by atoms with Crippen molar-refractivity contribution < 1.29 is 9.69 Å². The van der Waals surface area contributed by atoms with E-state index in [9.17, 15) is 9.59 Å². The van der Waals surface area contributed by atoms with Gasteiger partial charge in [-0.05, 0) is 24.6 Å². The van der Waals surface area contributed by atoms with Crippen molar-refractivity contribution in [2.75, 3.05) is 39.5 Å². The van der Waals surface area contributed by atoms with E-state index in [2.05, 4.69) is 24.4 Å². The van der Waals surface area contributed by atoms with Gasteiger partial charge in [-0.3, -0.25) is 18.9 Å². The molecule has 1 aliphatic heterocycles. The Balaban J connectivity index is 2.05. The van der Waals surface area contributed by atoms with Crippen LogP contribution >= 0.6 is 24.0 Å². The van der Waals surface area contributed by atoms with Gasteiger partial charge in [0.15, 0.2) is 0 Å². The van der Waals surface area contributed by atoms with E-state index >= 15 is 0 Å². The molecule has 1 fully saturated rings. The molecule has 1 amide bonds. The SMILES string of the molecule is Cc1ccc2nc(NCCC[NH+](C)C)c(/C=C3\SC(=S)N(C)C3=O)c(=O)n2c1. The number of pyridine rings is 1. The van der Waals surface area contributed by atoms with Crippen LogP contribution in [0.15, 0.2) is 28.0 Å². The van der Waals surface area contributed by atoms with Crippen molar-refractivity contribution >= 4 is 51.7 Å². The molecule has 148 valence electrons. The summed E-state index contributed by atoms with van der Waals surface area (Å²) in [5.41, 5.74) is 1.68. The highest BCUT2D eigenvalue weighted by Gasteiger charge is 2.29. The Morgan fingerprint density at radius 3 is 2.71 bits per heavy atom. The van der Waals surface area contributed by atoms with E-state index in [1.165, 1.54) is 26.0 Å². The second-order valence-corrected chi connectivity index (χ2v) is 8.77. The summed E-state index contributed by atoms with van der Waals surface area (Å²) >= 11 is 6.39. The van der Waals surface area contributed by atoms with Gasteiger partial charge in [0.1, 0.15) is 15.8 Å². The van der Waals surface area contributed by atoms with Gasteiger partial charge >= 0.3 is 0 Å². The number of likely N-dealkylation sites (N-methyl/N-ethyl adjacent to an activating group) is 1. The molecule has 0 aliphatic carbocycles. The van der Waals surface area contributed by atoms with Crippen molar-refractivity contribution in [2.24, 2.45) is 0 Å². The number of nitrogens with one attached hydrogen (secondary N) is 2. The van der Waals surface area contributed by atoms with Crippen LogP contribution in [0.1, 0.15) is 17.5 Å². The number of thiocarbonyl (C=S) groups is 1. The lowest BCUT2D eigenvalue weighted by Gasteiger charge is -2.12. The van der Waals surface area contributed by atoms with Crippen molar-refractivity contribution in [3.8, 4) is 0 Å². The minimum atomic E-state index is -0.212. The smallest absolute Gasteiger partial charge is 0.267 e. The van der Waals surface area contributed by atoms with E-state index in [-0.39, 0.29) is 11.5 Å². The number of hydrogen-bond acceptors (Lipinski definition) is 6. The predicted molar refractivity (Wildman–Crippen MR) is 118 cm³/mol. The van der Waals surface area contributed by atoms with Crippen LogP contribution in [-0.2, 0) is 4.79 Å². The summed E-state index contributed by atoms with van der Waals surface area (Å²) in [4.78, 5) is 33.4. The second kappa shape index (κ2) is 8.42. The number of rotatable bonds is 6. The van der Waals surface area contributed by atoms with Crippen LogP contribution in [0.3, 0.4) is 0 Å². The van der Waals surface area contributed by atoms with Gasteiger partial charge in [-0.1, -0.05) is 30.0 Å². The molecule has 0 atom stereocenters. The molecular weight excluding hydrogens is 394 g/mol. The number of amides is 1. The third-order valence-electron chi connectivity index (χ3n) is 4.41. The van der Waals surface area contributed by atoms with Crippen molar-refractivity contribution in [3.63, 3.8) is 0 Å². The first kappa shape index (κ1) is 20.5. The molecule has 7 nitrogen and oxygen atoms in total. The van der Waals surface area contributed by atoms with Crippen LogP contribution < -0.4 is 15.8 Å². The maximum absolute atomic E-state index is 13.2. The minimum Gasteiger partial charge on any atom is -0.369 e. The van der Waals surface area contributed by atoms with Crippen LogP contribution in [0.2, 0.25) is 0 Å². The molecule has 0 aromatic carbocycles. The number of aryl methyl sites for hydroxylation is 1. The summed E-state index contributed by atoms with van der Waals surface area (Å²) in [6.07, 6.45) is 4.30. The molecule has 2 aromatic heterocycles. The highest BCUT2D eigenvalue weighted by atomic mass is 32.2. The van der Waals surface area contributed by atoms with Crippen LogP contribution in [0.25, 0.3) is 11.7 Å². The molecule has 0 spiro atoms. The lowest BCUT2D eigenvalue weighted by molar-refractivity contribution is -0.858. The molecule has 9 heteroatoms. The number of anilines is 1. The molecule has 0 saturated carbocycles. The monoisotopic (exact) mass is 418 g/mol. The van der Waals surface area contributed by atoms with E-state index < -0.39 is 0 Å². The first-order chi connectivity index (χ1) is 13.3. The molecule has 28 heavy (non-hydrogen) atoms. The fraction of sp³-hybridized carbons (Fsp3) is 0.368. The third-order valence-corrected chi connectivity index (χ3v) is 5.90. The number of thioether (sulfide) groups is 1. The maximum atomic E-state index is 13.2. The standard InChI is InChI=1S/C19H23N5O2S2/c1-12-6-7-15-21-16(20-8-5-9-22(2)3)13(17(25)24(15)11-12)10-14-18(26)23(4)19(27)28-14/h6-7,10-11,20H,5,8-9H2,1-4H3/p+1/b14-10-. The number of hydrogen-bond donors (Lipinski definition) is 2. The zero-order chi connectivity index (χ0) is 20.4. The molecule has 0 unspecified atom stereocenters. The van der Waals surface area contributed by atoms with Gasteiger partial charge in [0.25, 0.3) is 11.5 Å². The third kappa shape index (κ3) is 4.26. The van der Waals surface area contributed by atoms with Crippen molar-refractivity contribution in [3.05, 3.63) is 44.7 Å². The topological polar surface area (TPSA) is 71.2 Å². The number of fused-ring (bicyclic) bond motifs is 1. The fourth-order valence-corrected chi connectivity index (χ4v) is 4.01. The van der Waals surface area contributed by atoms with E-state index in [1.807, 2.05) is 19.1 Å². The molecule has 3 rings (SSSR count). The Kier molecular flexibility index (Phi) is 6.17. The maximum Gasteiger partial charge on any atom is 0.267 e. The number of nitrogens with zero attached hydrogens (tertiary/aromatic N) is 3. The minimum absolute atomic E-state index is 0.203. The number of aromatic nitrogens is 2. The van der Waals surface area contributed by atoms with Gasteiger partial charge < -0.3 is 10.2 Å². The molecular formula is C19H24N5O2S2+. The summed E-state index contributed by atoms with van der Waals surface area (Å²) in [5, 5.41) is 3.28. The van der Waals surface area contributed by atoms with Gasteiger partial charge in [-0.25, -0.2) is 4.98 Å². The lowest BCUT2D eigenvalue weighted by atomic mass is 10.2. The Bertz CT molecular complexity index is 1030. The second-order valence-electron chi connectivity index (χ2n) is 7.09. The quantitative estimate of drug-likeness (QED) is 0.411. The van der Waals surface area contributed by atoms with Gasteiger partial charge in [0.05, 0.1) is 31.1 Å². The Labute approximate surface area is 173 Å². The van der Waals surface area contributed by atoms with Gasteiger partial charge in [0.2, 0.25) is 0 Å². The summed E-state index contributed by atoms with van der Waals surface area (Å²) in [6, 6.07) is 3.74.